The Morgan fingerprint density at radius 1 is 1.24 bits per heavy atom. The third-order valence-corrected chi connectivity index (χ3v) is 5.98. The van der Waals surface area contributed by atoms with Crippen molar-refractivity contribution in [1.82, 2.24) is 9.88 Å². The number of fused-ring (bicyclic) bond motifs is 1. The molecule has 1 fully saturated rings. The molecule has 6 nitrogen and oxygen atoms in total. The van der Waals surface area contributed by atoms with E-state index in [1.807, 2.05) is 13.8 Å². The second-order valence-corrected chi connectivity index (χ2v) is 8.47. The molecule has 1 aliphatic heterocycles. The molecule has 0 atom stereocenters. The van der Waals surface area contributed by atoms with Crippen LogP contribution in [0.2, 0.25) is 5.02 Å². The van der Waals surface area contributed by atoms with Gasteiger partial charge in [0.15, 0.2) is 5.13 Å². The average Bonchev–Trinajstić information content (AvgIpc) is 3.19. The van der Waals surface area contributed by atoms with Crippen LogP contribution in [0.4, 0.5) is 18.3 Å². The van der Waals surface area contributed by atoms with Gasteiger partial charge in [0, 0.05) is 30.2 Å². The van der Waals surface area contributed by atoms with Gasteiger partial charge in [-0.05, 0) is 30.3 Å². The first-order valence-corrected chi connectivity index (χ1v) is 11.5. The van der Waals surface area contributed by atoms with Crippen LogP contribution in [0.5, 0.6) is 5.75 Å². The molecule has 2 aromatic carbocycles. The Morgan fingerprint density at radius 3 is 2.61 bits per heavy atom. The number of thiazole rings is 1. The van der Waals surface area contributed by atoms with Crippen LogP contribution in [0.1, 0.15) is 35.3 Å². The van der Waals surface area contributed by atoms with Crippen molar-refractivity contribution in [3.63, 3.8) is 0 Å². The fourth-order valence-corrected chi connectivity index (χ4v) is 4.41. The Kier molecular flexibility index (Phi) is 8.17. The highest BCUT2D eigenvalue weighted by Gasteiger charge is 2.31. The monoisotopic (exact) mass is 501 g/mol. The summed E-state index contributed by atoms with van der Waals surface area (Å²) in [5.74, 6) is -0.854. The number of hydrogen-bond donors (Lipinski definition) is 2. The van der Waals surface area contributed by atoms with Crippen LogP contribution in [0.15, 0.2) is 30.3 Å². The molecule has 11 heteroatoms. The van der Waals surface area contributed by atoms with Gasteiger partial charge in [-0.3, -0.25) is 15.0 Å². The number of amides is 1. The molecule has 0 radical (unpaired) electrons. The minimum Gasteiger partial charge on any atom is -0.507 e. The predicted molar refractivity (Wildman–Crippen MR) is 123 cm³/mol. The van der Waals surface area contributed by atoms with Crippen LogP contribution in [0.25, 0.3) is 10.2 Å². The number of nitrogens with one attached hydrogen (secondary N) is 1. The van der Waals surface area contributed by atoms with E-state index in [2.05, 4.69) is 15.2 Å². The van der Waals surface area contributed by atoms with Crippen LogP contribution in [0, 0.1) is 0 Å². The number of benzene rings is 2. The zero-order valence-electron chi connectivity index (χ0n) is 18.0. The van der Waals surface area contributed by atoms with Crippen molar-refractivity contribution in [3.8, 4) is 5.75 Å². The van der Waals surface area contributed by atoms with Gasteiger partial charge in [0.1, 0.15) is 5.75 Å². The number of phenolic OH excluding ortho intramolecular Hbond substituents is 1. The van der Waals surface area contributed by atoms with Crippen LogP contribution < -0.4 is 5.32 Å². The number of carbonyl (C=O) groups excluding carboxylic acids is 1. The Bertz CT molecular complexity index is 1130. The van der Waals surface area contributed by atoms with E-state index in [-0.39, 0.29) is 26.2 Å². The summed E-state index contributed by atoms with van der Waals surface area (Å²) in [5.41, 5.74) is 0.00283. The van der Waals surface area contributed by atoms with E-state index in [0.717, 1.165) is 23.5 Å². The Hall–Kier alpha value is -2.40. The predicted octanol–water partition coefficient (Wildman–Crippen LogP) is 5.78. The van der Waals surface area contributed by atoms with Crippen molar-refractivity contribution >= 4 is 44.2 Å². The molecular weight excluding hydrogens is 479 g/mol. The van der Waals surface area contributed by atoms with Gasteiger partial charge < -0.3 is 9.84 Å². The molecule has 2 N–H and O–H groups in total. The van der Waals surface area contributed by atoms with E-state index < -0.39 is 17.6 Å². The van der Waals surface area contributed by atoms with E-state index in [1.54, 1.807) is 6.07 Å². The number of morpholine rings is 1. The lowest BCUT2D eigenvalue weighted by molar-refractivity contribution is -0.137. The van der Waals surface area contributed by atoms with Crippen molar-refractivity contribution in [2.24, 2.45) is 0 Å². The van der Waals surface area contributed by atoms with Crippen LogP contribution in [-0.4, -0.2) is 47.2 Å². The molecule has 33 heavy (non-hydrogen) atoms. The smallest absolute Gasteiger partial charge is 0.416 e. The van der Waals surface area contributed by atoms with Crippen molar-refractivity contribution in [3.05, 3.63) is 52.0 Å². The summed E-state index contributed by atoms with van der Waals surface area (Å²) >= 11 is 7.07. The Morgan fingerprint density at radius 2 is 1.94 bits per heavy atom. The first-order valence-electron chi connectivity index (χ1n) is 10.3. The van der Waals surface area contributed by atoms with Crippen molar-refractivity contribution < 1.29 is 27.8 Å². The molecule has 1 saturated heterocycles. The van der Waals surface area contributed by atoms with Gasteiger partial charge >= 0.3 is 6.18 Å². The van der Waals surface area contributed by atoms with Crippen molar-refractivity contribution in [2.45, 2.75) is 26.6 Å². The van der Waals surface area contributed by atoms with Crippen molar-refractivity contribution in [2.75, 3.05) is 31.6 Å². The van der Waals surface area contributed by atoms with Gasteiger partial charge in [0.2, 0.25) is 0 Å². The highest BCUT2D eigenvalue weighted by Crippen LogP contribution is 2.35. The zero-order valence-corrected chi connectivity index (χ0v) is 19.6. The number of alkyl halides is 3. The van der Waals surface area contributed by atoms with E-state index in [9.17, 15) is 23.1 Å². The number of rotatable bonds is 4. The van der Waals surface area contributed by atoms with Gasteiger partial charge in [0.25, 0.3) is 5.91 Å². The number of halogens is 4. The Balaban J connectivity index is 0.00000149. The van der Waals surface area contributed by atoms with Gasteiger partial charge in [0.05, 0.1) is 34.6 Å². The number of ether oxygens (including phenoxy) is 1. The maximum atomic E-state index is 12.9. The summed E-state index contributed by atoms with van der Waals surface area (Å²) in [6.07, 6.45) is -4.47. The minimum absolute atomic E-state index is 0.0361. The molecule has 1 amide bonds. The van der Waals surface area contributed by atoms with E-state index in [4.69, 9.17) is 16.3 Å². The molecule has 1 aromatic heterocycles. The first-order chi connectivity index (χ1) is 15.7. The normalized spacial score (nSPS) is 14.6. The number of carbonyl (C=O) groups is 1. The number of phenols is 1. The third-order valence-electron chi connectivity index (χ3n) is 4.83. The summed E-state index contributed by atoms with van der Waals surface area (Å²) < 4.78 is 44.3. The standard InChI is InChI=1S/C20H17ClF3N3O3S.C2H6/c21-13-7-11(10-27-3-5-30-6-4-27)17(28)14(9-13)18(29)26-19-25-15-2-1-12(20(22,23)24)8-16(15)31-19;1-2/h1-2,7-9,28H,3-6,10H2,(H,25,26,29);1-2H3. The second kappa shape index (κ2) is 10.7. The summed E-state index contributed by atoms with van der Waals surface area (Å²) in [5, 5.41) is 13.6. The number of anilines is 1. The maximum Gasteiger partial charge on any atom is 0.416 e. The molecule has 178 valence electrons. The zero-order chi connectivity index (χ0) is 24.2. The van der Waals surface area contributed by atoms with E-state index in [0.29, 0.717) is 43.9 Å². The molecule has 0 spiro atoms. The molecule has 4 rings (SSSR count). The lowest BCUT2D eigenvalue weighted by Crippen LogP contribution is -2.35. The quantitative estimate of drug-likeness (QED) is 0.473. The van der Waals surface area contributed by atoms with Gasteiger partial charge in [-0.2, -0.15) is 13.2 Å². The molecule has 0 aliphatic carbocycles. The molecule has 1 aliphatic rings. The summed E-state index contributed by atoms with van der Waals surface area (Å²) in [6, 6.07) is 6.11. The molecule has 2 heterocycles. The van der Waals surface area contributed by atoms with Gasteiger partial charge in [-0.15, -0.1) is 0 Å². The summed E-state index contributed by atoms with van der Waals surface area (Å²) in [7, 11) is 0. The third kappa shape index (κ3) is 6.14. The van der Waals surface area contributed by atoms with E-state index >= 15 is 0 Å². The molecule has 0 saturated carbocycles. The molecule has 0 bridgehead atoms. The van der Waals surface area contributed by atoms with Crippen LogP contribution in [-0.2, 0) is 17.5 Å². The number of nitrogens with zero attached hydrogens (tertiary/aromatic N) is 2. The first kappa shape index (κ1) is 25.2. The Labute approximate surface area is 197 Å². The topological polar surface area (TPSA) is 74.7 Å². The largest absolute Gasteiger partial charge is 0.507 e. The summed E-state index contributed by atoms with van der Waals surface area (Å²) in [6.45, 7) is 6.96. The van der Waals surface area contributed by atoms with Gasteiger partial charge in [-0.25, -0.2) is 4.98 Å². The molecule has 0 unspecified atom stereocenters. The lowest BCUT2D eigenvalue weighted by atomic mass is 10.1. The fraction of sp³-hybridized carbons (Fsp3) is 0.364. The van der Waals surface area contributed by atoms with Crippen LogP contribution in [0.3, 0.4) is 0 Å². The highest BCUT2D eigenvalue weighted by atomic mass is 35.5. The van der Waals surface area contributed by atoms with Crippen LogP contribution >= 0.6 is 22.9 Å². The second-order valence-electron chi connectivity index (χ2n) is 7.00. The molecular formula is C22H23ClF3N3O3S. The van der Waals surface area contributed by atoms with Gasteiger partial charge in [-0.1, -0.05) is 36.8 Å². The number of aromatic nitrogens is 1. The SMILES string of the molecule is CC.O=C(Nc1nc2ccc(C(F)(F)F)cc2s1)c1cc(Cl)cc(CN2CCOCC2)c1O. The van der Waals surface area contributed by atoms with Crippen molar-refractivity contribution in [1.29, 1.82) is 0 Å². The summed E-state index contributed by atoms with van der Waals surface area (Å²) in [4.78, 5) is 19.0. The number of aromatic hydroxyl groups is 1. The van der Waals surface area contributed by atoms with E-state index in [1.165, 1.54) is 12.1 Å². The number of hydrogen-bond acceptors (Lipinski definition) is 6. The lowest BCUT2D eigenvalue weighted by Gasteiger charge is -2.27. The average molecular weight is 502 g/mol. The maximum absolute atomic E-state index is 12.9. The fourth-order valence-electron chi connectivity index (χ4n) is 3.27. The molecule has 3 aromatic rings. The highest BCUT2D eigenvalue weighted by molar-refractivity contribution is 7.22. The minimum atomic E-state index is -4.47.